The van der Waals surface area contributed by atoms with E-state index in [4.69, 9.17) is 15.8 Å². The Bertz CT molecular complexity index is 422. The quantitative estimate of drug-likeness (QED) is 0.768. The normalized spacial score (nSPS) is 15.9. The molecule has 0 saturated heterocycles. The molecule has 17 heavy (non-hydrogen) atoms. The van der Waals surface area contributed by atoms with E-state index in [1.54, 1.807) is 24.3 Å². The highest BCUT2D eigenvalue weighted by Crippen LogP contribution is 2.40. The molecular weight excluding hydrogens is 243 g/mol. The number of nitrogens with two attached hydrogens (primary N) is 2. The van der Waals surface area contributed by atoms with Crippen LogP contribution >= 0.6 is 7.75 Å². The lowest BCUT2D eigenvalue weighted by Gasteiger charge is -2.14. The van der Waals surface area contributed by atoms with Gasteiger partial charge in [-0.2, -0.15) is 0 Å². The minimum Gasteiger partial charge on any atom is -0.379 e. The van der Waals surface area contributed by atoms with Crippen molar-refractivity contribution in [1.82, 2.24) is 0 Å². The molecule has 6 nitrogen and oxygen atoms in total. The van der Waals surface area contributed by atoms with Gasteiger partial charge in [0.2, 0.25) is 0 Å². The minimum atomic E-state index is -3.90. The van der Waals surface area contributed by atoms with Crippen molar-refractivity contribution >= 4 is 13.7 Å². The maximum absolute atomic E-state index is 11.6. The minimum absolute atomic E-state index is 0.000843. The standard InChI is InChI=1S/C10H15N2O4P/c1-8(11)10(13)16-17(12,14)15-7-9-5-3-2-4-6-9/h2-6,8H,7,11H2,1H3,(H2,12,14)/t8-,17?/m0/s1. The SMILES string of the molecule is C[C@H](N)C(=O)OP(N)(=O)OCc1ccccc1. The molecule has 1 aromatic carbocycles. The van der Waals surface area contributed by atoms with Crippen LogP contribution in [-0.2, 0) is 25.0 Å². The zero-order valence-electron chi connectivity index (χ0n) is 9.41. The molecule has 94 valence electrons. The van der Waals surface area contributed by atoms with E-state index in [-0.39, 0.29) is 6.61 Å². The van der Waals surface area contributed by atoms with E-state index in [0.717, 1.165) is 5.56 Å². The van der Waals surface area contributed by atoms with Crippen molar-refractivity contribution in [3.63, 3.8) is 0 Å². The number of hydrogen-bond donors (Lipinski definition) is 2. The van der Waals surface area contributed by atoms with E-state index in [1.165, 1.54) is 6.92 Å². The van der Waals surface area contributed by atoms with Crippen LogP contribution in [0.5, 0.6) is 0 Å². The monoisotopic (exact) mass is 258 g/mol. The summed E-state index contributed by atoms with van der Waals surface area (Å²) in [7, 11) is -3.90. The molecule has 0 aliphatic heterocycles. The fourth-order valence-corrected chi connectivity index (χ4v) is 1.77. The molecule has 0 saturated carbocycles. The van der Waals surface area contributed by atoms with E-state index in [2.05, 4.69) is 4.52 Å². The first kappa shape index (κ1) is 13.9. The van der Waals surface area contributed by atoms with Gasteiger partial charge >= 0.3 is 13.7 Å². The lowest BCUT2D eigenvalue weighted by atomic mass is 10.2. The zero-order chi connectivity index (χ0) is 12.9. The first-order chi connectivity index (χ1) is 7.91. The van der Waals surface area contributed by atoms with E-state index in [9.17, 15) is 9.36 Å². The molecule has 0 aromatic heterocycles. The molecule has 0 fully saturated rings. The number of rotatable bonds is 5. The van der Waals surface area contributed by atoms with Crippen LogP contribution in [0.3, 0.4) is 0 Å². The molecule has 4 N–H and O–H groups in total. The first-order valence-corrected chi connectivity index (χ1v) is 6.58. The Kier molecular flexibility index (Phi) is 4.84. The Hall–Kier alpha value is -1.20. The Balaban J connectivity index is 2.50. The first-order valence-electron chi connectivity index (χ1n) is 4.97. The van der Waals surface area contributed by atoms with Crippen molar-refractivity contribution < 1.29 is 18.4 Å². The summed E-state index contributed by atoms with van der Waals surface area (Å²) in [6.07, 6.45) is 0. The summed E-state index contributed by atoms with van der Waals surface area (Å²) < 4.78 is 20.9. The van der Waals surface area contributed by atoms with Crippen LogP contribution in [-0.4, -0.2) is 12.0 Å². The maximum Gasteiger partial charge on any atom is 0.458 e. The van der Waals surface area contributed by atoms with Crippen LogP contribution in [0.15, 0.2) is 30.3 Å². The summed E-state index contributed by atoms with van der Waals surface area (Å²) in [5.74, 6) is -0.858. The smallest absolute Gasteiger partial charge is 0.379 e. The molecule has 0 aliphatic carbocycles. The lowest BCUT2D eigenvalue weighted by molar-refractivity contribution is -0.136. The van der Waals surface area contributed by atoms with E-state index in [0.29, 0.717) is 0 Å². The third kappa shape index (κ3) is 5.10. The fraction of sp³-hybridized carbons (Fsp3) is 0.300. The van der Waals surface area contributed by atoms with Crippen LogP contribution in [0.4, 0.5) is 0 Å². The summed E-state index contributed by atoms with van der Waals surface area (Å²) in [5.41, 5.74) is 11.3. The summed E-state index contributed by atoms with van der Waals surface area (Å²) in [4.78, 5) is 11.1. The second-order valence-corrected chi connectivity index (χ2v) is 5.02. The highest BCUT2D eigenvalue weighted by Gasteiger charge is 2.25. The summed E-state index contributed by atoms with van der Waals surface area (Å²) in [5, 5.41) is 0. The third-order valence-corrected chi connectivity index (χ3v) is 2.77. The Morgan fingerprint density at radius 2 is 2.00 bits per heavy atom. The van der Waals surface area contributed by atoms with Gasteiger partial charge in [0, 0.05) is 0 Å². The zero-order valence-corrected chi connectivity index (χ0v) is 10.3. The van der Waals surface area contributed by atoms with Crippen LogP contribution < -0.4 is 11.2 Å². The Labute approximate surface area is 99.5 Å². The molecule has 1 unspecified atom stereocenters. The topological polar surface area (TPSA) is 105 Å². The average Bonchev–Trinajstić information content (AvgIpc) is 2.27. The number of carbonyl (C=O) groups excluding carboxylic acids is 1. The van der Waals surface area contributed by atoms with Gasteiger partial charge in [0.15, 0.2) is 0 Å². The number of carbonyl (C=O) groups is 1. The maximum atomic E-state index is 11.6. The van der Waals surface area contributed by atoms with Gasteiger partial charge in [-0.15, -0.1) is 0 Å². The van der Waals surface area contributed by atoms with E-state index < -0.39 is 19.8 Å². The molecule has 0 bridgehead atoms. The van der Waals surface area contributed by atoms with Crippen molar-refractivity contribution in [3.8, 4) is 0 Å². The van der Waals surface area contributed by atoms with Crippen molar-refractivity contribution in [2.45, 2.75) is 19.6 Å². The molecule has 0 amide bonds. The molecule has 0 radical (unpaired) electrons. The molecule has 0 heterocycles. The Morgan fingerprint density at radius 3 is 2.53 bits per heavy atom. The predicted octanol–water partition coefficient (Wildman–Crippen LogP) is 1.16. The van der Waals surface area contributed by atoms with Crippen molar-refractivity contribution in [2.75, 3.05) is 0 Å². The van der Waals surface area contributed by atoms with Crippen LogP contribution in [0.2, 0.25) is 0 Å². The van der Waals surface area contributed by atoms with Gasteiger partial charge in [0.05, 0.1) is 6.61 Å². The van der Waals surface area contributed by atoms with Crippen LogP contribution in [0.1, 0.15) is 12.5 Å². The van der Waals surface area contributed by atoms with Crippen molar-refractivity contribution in [2.24, 2.45) is 11.2 Å². The van der Waals surface area contributed by atoms with Gasteiger partial charge in [-0.1, -0.05) is 30.3 Å². The molecule has 7 heteroatoms. The third-order valence-electron chi connectivity index (χ3n) is 1.84. The molecule has 1 rings (SSSR count). The van der Waals surface area contributed by atoms with E-state index >= 15 is 0 Å². The lowest BCUT2D eigenvalue weighted by Crippen LogP contribution is -2.29. The van der Waals surface area contributed by atoms with E-state index in [1.807, 2.05) is 6.07 Å². The highest BCUT2D eigenvalue weighted by molar-refractivity contribution is 7.51. The second kappa shape index (κ2) is 5.93. The summed E-state index contributed by atoms with van der Waals surface area (Å²) >= 11 is 0. The van der Waals surface area contributed by atoms with Gasteiger partial charge in [0.1, 0.15) is 6.04 Å². The van der Waals surface area contributed by atoms with Crippen LogP contribution in [0, 0.1) is 0 Å². The van der Waals surface area contributed by atoms with Gasteiger partial charge in [-0.25, -0.2) is 10.1 Å². The Morgan fingerprint density at radius 1 is 1.41 bits per heavy atom. The summed E-state index contributed by atoms with van der Waals surface area (Å²) in [6.45, 7) is 1.40. The summed E-state index contributed by atoms with van der Waals surface area (Å²) in [6, 6.07) is 8.08. The molecular formula is C10H15N2O4P. The predicted molar refractivity (Wildman–Crippen MR) is 62.8 cm³/mol. The fourth-order valence-electron chi connectivity index (χ4n) is 0.974. The van der Waals surface area contributed by atoms with Gasteiger partial charge in [-0.3, -0.25) is 9.32 Å². The van der Waals surface area contributed by atoms with Crippen molar-refractivity contribution in [1.29, 1.82) is 0 Å². The van der Waals surface area contributed by atoms with Gasteiger partial charge < -0.3 is 10.3 Å². The largest absolute Gasteiger partial charge is 0.458 e. The molecule has 1 aromatic rings. The molecule has 0 aliphatic rings. The highest BCUT2D eigenvalue weighted by atomic mass is 31.2. The number of benzene rings is 1. The number of hydrogen-bond acceptors (Lipinski definition) is 5. The van der Waals surface area contributed by atoms with Gasteiger partial charge in [0.25, 0.3) is 0 Å². The molecule has 2 atom stereocenters. The molecule has 0 spiro atoms. The van der Waals surface area contributed by atoms with Crippen LogP contribution in [0.25, 0.3) is 0 Å². The average molecular weight is 258 g/mol. The van der Waals surface area contributed by atoms with Crippen molar-refractivity contribution in [3.05, 3.63) is 35.9 Å². The van der Waals surface area contributed by atoms with Gasteiger partial charge in [-0.05, 0) is 12.5 Å². The second-order valence-electron chi connectivity index (χ2n) is 3.50.